The molecule has 0 spiro atoms. The Morgan fingerprint density at radius 3 is 2.72 bits per heavy atom. The molecule has 0 heterocycles. The van der Waals surface area contributed by atoms with Crippen LogP contribution < -0.4 is 4.74 Å². The maximum Gasteiger partial charge on any atom is 0.126 e. The fraction of sp³-hybridized carbons (Fsp3) is 0.133. The van der Waals surface area contributed by atoms with E-state index in [4.69, 9.17) is 10.00 Å². The molecule has 0 aliphatic heterocycles. The highest BCUT2D eigenvalue weighted by atomic mass is 19.1. The first kappa shape index (κ1) is 12.1. The molecular formula is C15H12FNO. The summed E-state index contributed by atoms with van der Waals surface area (Å²) in [4.78, 5) is 0. The molecule has 0 fully saturated rings. The third-order valence-electron chi connectivity index (χ3n) is 2.66. The number of hydrogen-bond acceptors (Lipinski definition) is 2. The van der Waals surface area contributed by atoms with Gasteiger partial charge in [-0.3, -0.25) is 0 Å². The Morgan fingerprint density at radius 1 is 1.22 bits per heavy atom. The zero-order valence-electron chi connectivity index (χ0n) is 9.98. The first-order chi connectivity index (χ1) is 8.70. The van der Waals surface area contributed by atoms with Gasteiger partial charge in [0.25, 0.3) is 0 Å². The van der Waals surface area contributed by atoms with Crippen LogP contribution in [0.15, 0.2) is 42.5 Å². The van der Waals surface area contributed by atoms with Gasteiger partial charge in [0.1, 0.15) is 18.2 Å². The molecule has 3 heteroatoms. The molecule has 0 atom stereocenters. The molecule has 0 aromatic heterocycles. The van der Waals surface area contributed by atoms with Gasteiger partial charge in [-0.05, 0) is 36.8 Å². The summed E-state index contributed by atoms with van der Waals surface area (Å²) in [5.41, 5.74) is 1.96. The lowest BCUT2D eigenvalue weighted by atomic mass is 10.1. The fourth-order valence-corrected chi connectivity index (χ4v) is 1.62. The van der Waals surface area contributed by atoms with Crippen molar-refractivity contribution in [2.75, 3.05) is 0 Å². The van der Waals surface area contributed by atoms with Crippen LogP contribution in [-0.4, -0.2) is 0 Å². The molecule has 0 unspecified atom stereocenters. The lowest BCUT2D eigenvalue weighted by Gasteiger charge is -2.08. The van der Waals surface area contributed by atoms with E-state index < -0.39 is 0 Å². The molecule has 0 radical (unpaired) electrons. The van der Waals surface area contributed by atoms with Crippen LogP contribution >= 0.6 is 0 Å². The van der Waals surface area contributed by atoms with Crippen molar-refractivity contribution >= 4 is 0 Å². The van der Waals surface area contributed by atoms with Crippen molar-refractivity contribution in [2.24, 2.45) is 0 Å². The molecule has 2 aromatic carbocycles. The summed E-state index contributed by atoms with van der Waals surface area (Å²) in [6, 6.07) is 14.0. The first-order valence-electron chi connectivity index (χ1n) is 5.57. The van der Waals surface area contributed by atoms with Crippen LogP contribution in [0.1, 0.15) is 16.7 Å². The molecule has 0 N–H and O–H groups in total. The quantitative estimate of drug-likeness (QED) is 0.822. The van der Waals surface area contributed by atoms with E-state index in [1.165, 1.54) is 6.07 Å². The predicted molar refractivity (Wildman–Crippen MR) is 66.6 cm³/mol. The smallest absolute Gasteiger partial charge is 0.126 e. The number of benzene rings is 2. The highest BCUT2D eigenvalue weighted by molar-refractivity contribution is 5.37. The second-order valence-electron chi connectivity index (χ2n) is 3.97. The molecule has 0 aliphatic carbocycles. The van der Waals surface area contributed by atoms with E-state index in [0.29, 0.717) is 23.5 Å². The minimum Gasteiger partial charge on any atom is -0.489 e. The summed E-state index contributed by atoms with van der Waals surface area (Å²) in [5.74, 6) is 0.349. The molecule has 0 saturated heterocycles. The van der Waals surface area contributed by atoms with E-state index in [-0.39, 0.29) is 5.82 Å². The van der Waals surface area contributed by atoms with Crippen LogP contribution in [0.5, 0.6) is 5.75 Å². The van der Waals surface area contributed by atoms with Gasteiger partial charge in [0, 0.05) is 5.56 Å². The molecule has 18 heavy (non-hydrogen) atoms. The van der Waals surface area contributed by atoms with Crippen molar-refractivity contribution in [3.63, 3.8) is 0 Å². The van der Waals surface area contributed by atoms with Gasteiger partial charge in [-0.2, -0.15) is 5.26 Å². The van der Waals surface area contributed by atoms with Crippen molar-refractivity contribution in [1.29, 1.82) is 5.26 Å². The molecule has 2 aromatic rings. The average molecular weight is 241 g/mol. The van der Waals surface area contributed by atoms with E-state index in [1.807, 2.05) is 18.2 Å². The first-order valence-corrected chi connectivity index (χ1v) is 5.57. The zero-order chi connectivity index (χ0) is 13.0. The van der Waals surface area contributed by atoms with Crippen LogP contribution in [0, 0.1) is 24.1 Å². The van der Waals surface area contributed by atoms with Gasteiger partial charge in [0.2, 0.25) is 0 Å². The highest BCUT2D eigenvalue weighted by Gasteiger charge is 2.03. The van der Waals surface area contributed by atoms with Gasteiger partial charge in [0.05, 0.1) is 11.6 Å². The van der Waals surface area contributed by atoms with Gasteiger partial charge < -0.3 is 4.74 Å². The number of nitrogens with zero attached hydrogens (tertiary/aromatic N) is 1. The average Bonchev–Trinajstić information content (AvgIpc) is 2.40. The largest absolute Gasteiger partial charge is 0.489 e. The lowest BCUT2D eigenvalue weighted by molar-refractivity contribution is 0.305. The number of halogens is 1. The Kier molecular flexibility index (Phi) is 3.59. The van der Waals surface area contributed by atoms with Crippen molar-refractivity contribution < 1.29 is 9.13 Å². The molecule has 0 amide bonds. The van der Waals surface area contributed by atoms with Gasteiger partial charge in [-0.1, -0.05) is 18.2 Å². The topological polar surface area (TPSA) is 33.0 Å². The zero-order valence-corrected chi connectivity index (χ0v) is 9.98. The summed E-state index contributed by atoms with van der Waals surface area (Å²) < 4.78 is 18.6. The second-order valence-corrected chi connectivity index (χ2v) is 3.97. The minimum absolute atomic E-state index is 0.250. The Hall–Kier alpha value is -2.34. The van der Waals surface area contributed by atoms with E-state index in [9.17, 15) is 4.39 Å². The predicted octanol–water partition coefficient (Wildman–Crippen LogP) is 3.58. The third kappa shape index (κ3) is 2.67. The SMILES string of the molecule is Cc1cc(OCc2ccccc2C#N)ccc1F. The maximum absolute atomic E-state index is 13.1. The van der Waals surface area contributed by atoms with Gasteiger partial charge >= 0.3 is 0 Å². The summed E-state index contributed by atoms with van der Waals surface area (Å²) in [6.07, 6.45) is 0. The number of aryl methyl sites for hydroxylation is 1. The van der Waals surface area contributed by atoms with Crippen LogP contribution in [0.4, 0.5) is 4.39 Å². The molecule has 0 aliphatic rings. The minimum atomic E-state index is -0.250. The molecule has 0 bridgehead atoms. The Morgan fingerprint density at radius 2 is 2.00 bits per heavy atom. The Labute approximate surface area is 105 Å². The summed E-state index contributed by atoms with van der Waals surface area (Å²) in [6.45, 7) is 1.99. The van der Waals surface area contributed by atoms with Crippen molar-refractivity contribution in [3.05, 3.63) is 65.0 Å². The van der Waals surface area contributed by atoms with E-state index in [2.05, 4.69) is 6.07 Å². The van der Waals surface area contributed by atoms with Gasteiger partial charge in [-0.25, -0.2) is 4.39 Å². The number of hydrogen-bond donors (Lipinski definition) is 0. The standard InChI is InChI=1S/C15H12FNO/c1-11-8-14(6-7-15(11)16)18-10-13-5-3-2-4-12(13)9-17/h2-8H,10H2,1H3. The monoisotopic (exact) mass is 241 g/mol. The Bertz CT molecular complexity index is 602. The van der Waals surface area contributed by atoms with Gasteiger partial charge in [0.15, 0.2) is 0 Å². The highest BCUT2D eigenvalue weighted by Crippen LogP contribution is 2.18. The van der Waals surface area contributed by atoms with Crippen LogP contribution in [0.25, 0.3) is 0 Å². The third-order valence-corrected chi connectivity index (χ3v) is 2.66. The van der Waals surface area contributed by atoms with E-state index in [1.54, 1.807) is 25.1 Å². The van der Waals surface area contributed by atoms with Crippen molar-refractivity contribution in [1.82, 2.24) is 0 Å². The fourth-order valence-electron chi connectivity index (χ4n) is 1.62. The summed E-state index contributed by atoms with van der Waals surface area (Å²) in [5, 5.41) is 8.94. The summed E-state index contributed by atoms with van der Waals surface area (Å²) >= 11 is 0. The molecular weight excluding hydrogens is 229 g/mol. The van der Waals surface area contributed by atoms with Crippen LogP contribution in [0.3, 0.4) is 0 Å². The molecule has 0 saturated carbocycles. The van der Waals surface area contributed by atoms with E-state index in [0.717, 1.165) is 5.56 Å². The maximum atomic E-state index is 13.1. The second kappa shape index (κ2) is 5.33. The molecule has 90 valence electrons. The van der Waals surface area contributed by atoms with Crippen molar-refractivity contribution in [3.8, 4) is 11.8 Å². The Balaban J connectivity index is 2.12. The van der Waals surface area contributed by atoms with E-state index >= 15 is 0 Å². The molecule has 2 nitrogen and oxygen atoms in total. The number of ether oxygens (including phenoxy) is 1. The number of nitriles is 1. The number of rotatable bonds is 3. The molecule has 2 rings (SSSR count). The van der Waals surface area contributed by atoms with Crippen molar-refractivity contribution in [2.45, 2.75) is 13.5 Å². The summed E-state index contributed by atoms with van der Waals surface area (Å²) in [7, 11) is 0. The normalized spacial score (nSPS) is 9.83. The van der Waals surface area contributed by atoms with Crippen LogP contribution in [0.2, 0.25) is 0 Å². The van der Waals surface area contributed by atoms with Crippen LogP contribution in [-0.2, 0) is 6.61 Å². The lowest BCUT2D eigenvalue weighted by Crippen LogP contribution is -1.98. The van der Waals surface area contributed by atoms with Gasteiger partial charge in [-0.15, -0.1) is 0 Å².